The third kappa shape index (κ3) is 5.44. The zero-order valence-electron chi connectivity index (χ0n) is 10.5. The molecule has 6 nitrogen and oxygen atoms in total. The summed E-state index contributed by atoms with van der Waals surface area (Å²) in [6.07, 6.45) is 0. The Morgan fingerprint density at radius 2 is 1.95 bits per heavy atom. The molecule has 0 saturated carbocycles. The number of rotatable bonds is 7. The summed E-state index contributed by atoms with van der Waals surface area (Å²) in [5, 5.41) is 20.8. The molecule has 106 valence electrons. The van der Waals surface area contributed by atoms with Gasteiger partial charge in [-0.15, -0.1) is 0 Å². The monoisotopic (exact) mass is 287 g/mol. The molecule has 5 N–H and O–H groups in total. The molecule has 0 aliphatic rings. The summed E-state index contributed by atoms with van der Waals surface area (Å²) in [7, 11) is 0. The minimum atomic E-state index is -0.247. The lowest BCUT2D eigenvalue weighted by Gasteiger charge is -2.19. The molecule has 0 unspecified atom stereocenters. The number of benzene rings is 1. The molecule has 0 aliphatic carbocycles. The minimum Gasteiger partial charge on any atom is -0.397 e. The Labute approximate surface area is 116 Å². The van der Waals surface area contributed by atoms with Crippen LogP contribution in [0.1, 0.15) is 0 Å². The van der Waals surface area contributed by atoms with Gasteiger partial charge in [-0.1, -0.05) is 11.6 Å². The minimum absolute atomic E-state index is 0.0683. The van der Waals surface area contributed by atoms with Crippen molar-refractivity contribution in [1.82, 2.24) is 4.90 Å². The van der Waals surface area contributed by atoms with Crippen molar-refractivity contribution >= 4 is 28.9 Å². The highest BCUT2D eigenvalue weighted by molar-refractivity contribution is 6.33. The molecule has 0 bridgehead atoms. The van der Waals surface area contributed by atoms with Crippen LogP contribution in [0.5, 0.6) is 0 Å². The molecule has 1 aromatic rings. The summed E-state index contributed by atoms with van der Waals surface area (Å²) in [5.74, 6) is -0.247. The van der Waals surface area contributed by atoms with Crippen molar-refractivity contribution in [3.63, 3.8) is 0 Å². The summed E-state index contributed by atoms with van der Waals surface area (Å²) in [4.78, 5) is 13.4. The van der Waals surface area contributed by atoms with E-state index in [1.54, 1.807) is 23.1 Å². The number of amides is 1. The fourth-order valence-electron chi connectivity index (χ4n) is 1.58. The second-order valence-electron chi connectivity index (χ2n) is 4.01. The van der Waals surface area contributed by atoms with Crippen LogP contribution in [-0.2, 0) is 4.79 Å². The van der Waals surface area contributed by atoms with Gasteiger partial charge in [0.05, 0.1) is 30.5 Å². The molecule has 0 heterocycles. The van der Waals surface area contributed by atoms with Crippen LogP contribution in [0.3, 0.4) is 0 Å². The summed E-state index contributed by atoms with van der Waals surface area (Å²) in [5.41, 5.74) is 6.58. The van der Waals surface area contributed by atoms with Gasteiger partial charge in [-0.05, 0) is 18.2 Å². The average molecular weight is 288 g/mol. The fourth-order valence-corrected chi connectivity index (χ4v) is 1.70. The van der Waals surface area contributed by atoms with E-state index in [9.17, 15) is 4.79 Å². The number of nitrogens with two attached hydrogens (primary N) is 1. The predicted molar refractivity (Wildman–Crippen MR) is 75.1 cm³/mol. The molecule has 19 heavy (non-hydrogen) atoms. The molecule has 0 radical (unpaired) electrons. The van der Waals surface area contributed by atoms with Gasteiger partial charge in [0.1, 0.15) is 0 Å². The highest BCUT2D eigenvalue weighted by Crippen LogP contribution is 2.22. The number of nitrogens with one attached hydrogen (secondary N) is 1. The second kappa shape index (κ2) is 7.96. The molecule has 0 aliphatic heterocycles. The van der Waals surface area contributed by atoms with Crippen molar-refractivity contribution in [3.05, 3.63) is 23.2 Å². The van der Waals surface area contributed by atoms with Crippen molar-refractivity contribution in [3.8, 4) is 0 Å². The van der Waals surface area contributed by atoms with Gasteiger partial charge < -0.3 is 21.3 Å². The van der Waals surface area contributed by atoms with Gasteiger partial charge in [0.15, 0.2) is 0 Å². The maximum atomic E-state index is 11.8. The lowest BCUT2D eigenvalue weighted by molar-refractivity contribution is -0.117. The first-order chi connectivity index (χ1) is 9.06. The Morgan fingerprint density at radius 1 is 1.32 bits per heavy atom. The molecular formula is C12H18ClN3O3. The van der Waals surface area contributed by atoms with E-state index in [1.165, 1.54) is 0 Å². The van der Waals surface area contributed by atoms with Crippen LogP contribution in [0.4, 0.5) is 11.4 Å². The van der Waals surface area contributed by atoms with Crippen molar-refractivity contribution in [1.29, 1.82) is 0 Å². The number of anilines is 2. The van der Waals surface area contributed by atoms with Crippen LogP contribution >= 0.6 is 11.6 Å². The molecule has 0 aromatic heterocycles. The molecule has 7 heteroatoms. The van der Waals surface area contributed by atoms with Crippen LogP contribution in [0.25, 0.3) is 0 Å². The Morgan fingerprint density at radius 3 is 2.47 bits per heavy atom. The molecule has 1 amide bonds. The van der Waals surface area contributed by atoms with Crippen molar-refractivity contribution < 1.29 is 15.0 Å². The van der Waals surface area contributed by atoms with Crippen LogP contribution in [-0.4, -0.2) is 53.9 Å². The largest absolute Gasteiger partial charge is 0.397 e. The first-order valence-corrected chi connectivity index (χ1v) is 6.23. The standard InChI is InChI=1S/C12H18ClN3O3/c13-10-2-1-9(7-11(10)14)15-12(19)8-16(3-5-17)4-6-18/h1-2,7,17-18H,3-6,8,14H2,(H,15,19). The van der Waals surface area contributed by atoms with Crippen LogP contribution < -0.4 is 11.1 Å². The van der Waals surface area contributed by atoms with E-state index in [2.05, 4.69) is 5.32 Å². The number of hydrogen-bond acceptors (Lipinski definition) is 5. The predicted octanol–water partition coefficient (Wildman–Crippen LogP) is 0.147. The SMILES string of the molecule is Nc1cc(NC(=O)CN(CCO)CCO)ccc1Cl. The molecule has 1 aromatic carbocycles. The maximum absolute atomic E-state index is 11.8. The highest BCUT2D eigenvalue weighted by Gasteiger charge is 2.10. The molecule has 0 fully saturated rings. The summed E-state index contributed by atoms with van der Waals surface area (Å²) < 4.78 is 0. The Bertz CT molecular complexity index is 423. The van der Waals surface area contributed by atoms with Gasteiger partial charge in [-0.3, -0.25) is 9.69 Å². The lowest BCUT2D eigenvalue weighted by Crippen LogP contribution is -2.37. The summed E-state index contributed by atoms with van der Waals surface area (Å²) >= 11 is 5.78. The van der Waals surface area contributed by atoms with Gasteiger partial charge in [0, 0.05) is 18.8 Å². The van der Waals surface area contributed by atoms with Crippen molar-refractivity contribution in [2.24, 2.45) is 0 Å². The first-order valence-electron chi connectivity index (χ1n) is 5.85. The highest BCUT2D eigenvalue weighted by atomic mass is 35.5. The van der Waals surface area contributed by atoms with E-state index in [4.69, 9.17) is 27.5 Å². The number of hydrogen-bond donors (Lipinski definition) is 4. The quantitative estimate of drug-likeness (QED) is 0.535. The zero-order valence-corrected chi connectivity index (χ0v) is 11.2. The maximum Gasteiger partial charge on any atom is 0.238 e. The molecule has 1 rings (SSSR count). The van der Waals surface area contributed by atoms with Crippen LogP contribution in [0.15, 0.2) is 18.2 Å². The number of carbonyl (C=O) groups excluding carboxylic acids is 1. The Balaban J connectivity index is 2.55. The number of nitrogens with zero attached hydrogens (tertiary/aromatic N) is 1. The van der Waals surface area contributed by atoms with E-state index in [-0.39, 0.29) is 25.7 Å². The normalized spacial score (nSPS) is 10.7. The third-order valence-electron chi connectivity index (χ3n) is 2.48. The van der Waals surface area contributed by atoms with Crippen LogP contribution in [0, 0.1) is 0 Å². The van der Waals surface area contributed by atoms with Gasteiger partial charge in [0.2, 0.25) is 5.91 Å². The lowest BCUT2D eigenvalue weighted by atomic mass is 10.3. The van der Waals surface area contributed by atoms with Crippen LogP contribution in [0.2, 0.25) is 5.02 Å². The molecule has 0 spiro atoms. The Hall–Kier alpha value is -1.34. The smallest absolute Gasteiger partial charge is 0.238 e. The van der Waals surface area contributed by atoms with E-state index in [1.807, 2.05) is 0 Å². The fraction of sp³-hybridized carbons (Fsp3) is 0.417. The van der Waals surface area contributed by atoms with E-state index in [0.29, 0.717) is 29.5 Å². The van der Waals surface area contributed by atoms with Gasteiger partial charge in [0.25, 0.3) is 0 Å². The number of aliphatic hydroxyl groups excluding tert-OH is 2. The van der Waals surface area contributed by atoms with Gasteiger partial charge in [-0.25, -0.2) is 0 Å². The number of nitrogen functional groups attached to an aromatic ring is 1. The molecular weight excluding hydrogens is 270 g/mol. The topological polar surface area (TPSA) is 98.8 Å². The number of carbonyl (C=O) groups is 1. The molecule has 0 saturated heterocycles. The third-order valence-corrected chi connectivity index (χ3v) is 2.82. The van der Waals surface area contributed by atoms with Crippen molar-refractivity contribution in [2.75, 3.05) is 43.9 Å². The second-order valence-corrected chi connectivity index (χ2v) is 4.42. The zero-order chi connectivity index (χ0) is 14.3. The Kier molecular flexibility index (Phi) is 6.58. The van der Waals surface area contributed by atoms with Gasteiger partial charge in [-0.2, -0.15) is 0 Å². The average Bonchev–Trinajstić information content (AvgIpc) is 2.34. The number of halogens is 1. The van der Waals surface area contributed by atoms with E-state index >= 15 is 0 Å². The summed E-state index contributed by atoms with van der Waals surface area (Å²) in [6.45, 7) is 0.611. The number of aliphatic hydroxyl groups is 2. The van der Waals surface area contributed by atoms with E-state index in [0.717, 1.165) is 0 Å². The summed E-state index contributed by atoms with van der Waals surface area (Å²) in [6, 6.07) is 4.83. The van der Waals surface area contributed by atoms with Gasteiger partial charge >= 0.3 is 0 Å². The molecule has 0 atom stereocenters. The van der Waals surface area contributed by atoms with Crippen molar-refractivity contribution in [2.45, 2.75) is 0 Å². The first kappa shape index (κ1) is 15.7. The van der Waals surface area contributed by atoms with E-state index < -0.39 is 0 Å².